The molecular formula is C19H19N3O2S. The summed E-state index contributed by atoms with van der Waals surface area (Å²) in [6.07, 6.45) is 0. The average molecular weight is 353 g/mol. The first kappa shape index (κ1) is 15.9. The van der Waals surface area contributed by atoms with Gasteiger partial charge in [-0.2, -0.15) is 0 Å². The van der Waals surface area contributed by atoms with E-state index in [1.807, 2.05) is 73.5 Å². The number of para-hydroxylation sites is 2. The van der Waals surface area contributed by atoms with E-state index in [-0.39, 0.29) is 11.9 Å². The normalized spacial score (nSPS) is 27.0. The van der Waals surface area contributed by atoms with Gasteiger partial charge >= 0.3 is 0 Å². The van der Waals surface area contributed by atoms with Crippen LogP contribution in [0.25, 0.3) is 0 Å². The Morgan fingerprint density at radius 1 is 1.20 bits per heavy atom. The van der Waals surface area contributed by atoms with Crippen molar-refractivity contribution in [3.8, 4) is 5.75 Å². The molecule has 2 aliphatic rings. The minimum atomic E-state index is -0.861. The van der Waals surface area contributed by atoms with Crippen molar-refractivity contribution in [3.63, 3.8) is 0 Å². The SMILES string of the molecule is CN1C(=S)NC2c3ccccc3OC1(C)C2C(=O)Nc1ccccc1. The Bertz CT molecular complexity index is 842. The summed E-state index contributed by atoms with van der Waals surface area (Å²) in [6.45, 7) is 1.92. The van der Waals surface area contributed by atoms with E-state index in [9.17, 15) is 4.79 Å². The quantitative estimate of drug-likeness (QED) is 0.813. The maximum Gasteiger partial charge on any atom is 0.236 e. The Kier molecular flexibility index (Phi) is 3.65. The zero-order valence-electron chi connectivity index (χ0n) is 14.0. The molecule has 2 bridgehead atoms. The molecule has 0 radical (unpaired) electrons. The highest BCUT2D eigenvalue weighted by atomic mass is 32.1. The summed E-state index contributed by atoms with van der Waals surface area (Å²) in [6, 6.07) is 17.0. The van der Waals surface area contributed by atoms with Crippen molar-refractivity contribution < 1.29 is 9.53 Å². The van der Waals surface area contributed by atoms with Gasteiger partial charge in [0, 0.05) is 18.3 Å². The molecule has 25 heavy (non-hydrogen) atoms. The lowest BCUT2D eigenvalue weighted by Gasteiger charge is -2.54. The lowest BCUT2D eigenvalue weighted by Crippen LogP contribution is -2.70. The fourth-order valence-corrected chi connectivity index (χ4v) is 3.92. The highest BCUT2D eigenvalue weighted by Crippen LogP contribution is 2.47. The highest BCUT2D eigenvalue weighted by molar-refractivity contribution is 7.80. The van der Waals surface area contributed by atoms with Crippen molar-refractivity contribution >= 4 is 28.9 Å². The number of fused-ring (bicyclic) bond motifs is 4. The van der Waals surface area contributed by atoms with E-state index in [2.05, 4.69) is 10.6 Å². The number of benzene rings is 2. The van der Waals surface area contributed by atoms with E-state index in [4.69, 9.17) is 17.0 Å². The third-order valence-corrected chi connectivity index (χ3v) is 5.45. The Morgan fingerprint density at radius 2 is 1.88 bits per heavy atom. The zero-order chi connectivity index (χ0) is 17.6. The highest BCUT2D eigenvalue weighted by Gasteiger charge is 2.57. The van der Waals surface area contributed by atoms with E-state index in [1.165, 1.54) is 0 Å². The first-order valence-electron chi connectivity index (χ1n) is 8.19. The van der Waals surface area contributed by atoms with Gasteiger partial charge in [0.25, 0.3) is 0 Å². The van der Waals surface area contributed by atoms with Crippen LogP contribution in [0.5, 0.6) is 5.75 Å². The predicted molar refractivity (Wildman–Crippen MR) is 100 cm³/mol. The summed E-state index contributed by atoms with van der Waals surface area (Å²) in [5, 5.41) is 6.89. The van der Waals surface area contributed by atoms with Crippen LogP contribution in [0.2, 0.25) is 0 Å². The van der Waals surface area contributed by atoms with Gasteiger partial charge in [-0.1, -0.05) is 36.4 Å². The van der Waals surface area contributed by atoms with Crippen LogP contribution in [0.15, 0.2) is 54.6 Å². The van der Waals surface area contributed by atoms with E-state index >= 15 is 0 Å². The topological polar surface area (TPSA) is 53.6 Å². The molecule has 2 aromatic carbocycles. The number of hydrogen-bond donors (Lipinski definition) is 2. The summed E-state index contributed by atoms with van der Waals surface area (Å²) in [5.74, 6) is 0.218. The summed E-state index contributed by atoms with van der Waals surface area (Å²) in [7, 11) is 1.85. The number of nitrogens with one attached hydrogen (secondary N) is 2. The van der Waals surface area contributed by atoms with Crippen LogP contribution in [-0.4, -0.2) is 28.7 Å². The van der Waals surface area contributed by atoms with Crippen LogP contribution in [0.1, 0.15) is 18.5 Å². The Balaban J connectivity index is 1.76. The van der Waals surface area contributed by atoms with Gasteiger partial charge in [-0.15, -0.1) is 0 Å². The summed E-state index contributed by atoms with van der Waals surface area (Å²) in [4.78, 5) is 15.0. The van der Waals surface area contributed by atoms with Gasteiger partial charge < -0.3 is 20.3 Å². The van der Waals surface area contributed by atoms with Crippen LogP contribution in [0, 0.1) is 5.92 Å². The van der Waals surface area contributed by atoms with Gasteiger partial charge in [-0.25, -0.2) is 0 Å². The molecule has 2 N–H and O–H groups in total. The number of carbonyl (C=O) groups excluding carboxylic acids is 1. The van der Waals surface area contributed by atoms with Gasteiger partial charge in [0.05, 0.1) is 6.04 Å². The van der Waals surface area contributed by atoms with Crippen LogP contribution >= 0.6 is 12.2 Å². The second-order valence-corrected chi connectivity index (χ2v) is 6.90. The minimum absolute atomic E-state index is 0.102. The summed E-state index contributed by atoms with van der Waals surface area (Å²) < 4.78 is 6.28. The molecule has 5 nitrogen and oxygen atoms in total. The smallest absolute Gasteiger partial charge is 0.236 e. The fraction of sp³-hybridized carbons (Fsp3) is 0.263. The molecule has 1 amide bonds. The lowest BCUT2D eigenvalue weighted by atomic mass is 9.79. The summed E-state index contributed by atoms with van der Waals surface area (Å²) in [5.41, 5.74) is 0.849. The molecule has 1 saturated heterocycles. The van der Waals surface area contributed by atoms with Crippen molar-refractivity contribution in [2.75, 3.05) is 12.4 Å². The molecule has 0 aromatic heterocycles. The molecule has 4 rings (SSSR count). The number of hydrogen-bond acceptors (Lipinski definition) is 3. The maximum atomic E-state index is 13.1. The second kappa shape index (κ2) is 5.74. The first-order valence-corrected chi connectivity index (χ1v) is 8.60. The van der Waals surface area contributed by atoms with Crippen LogP contribution in [0.3, 0.4) is 0 Å². The predicted octanol–water partition coefficient (Wildman–Crippen LogP) is 2.91. The van der Waals surface area contributed by atoms with E-state index in [0.717, 1.165) is 17.0 Å². The summed E-state index contributed by atoms with van der Waals surface area (Å²) >= 11 is 5.46. The van der Waals surface area contributed by atoms with Gasteiger partial charge in [0.15, 0.2) is 10.8 Å². The van der Waals surface area contributed by atoms with Crippen molar-refractivity contribution in [2.24, 2.45) is 5.92 Å². The van der Waals surface area contributed by atoms with Gasteiger partial charge in [0.2, 0.25) is 5.91 Å². The molecule has 1 fully saturated rings. The zero-order valence-corrected chi connectivity index (χ0v) is 14.8. The van der Waals surface area contributed by atoms with E-state index in [1.54, 1.807) is 0 Å². The minimum Gasteiger partial charge on any atom is -0.467 e. The number of rotatable bonds is 2. The third-order valence-electron chi connectivity index (χ3n) is 5.05. The number of anilines is 1. The van der Waals surface area contributed by atoms with Crippen molar-refractivity contribution in [1.29, 1.82) is 0 Å². The standard InChI is InChI=1S/C19H19N3O2S/c1-19-15(17(23)20-12-8-4-3-5-9-12)16(21-18(25)22(19)2)13-10-6-7-11-14(13)24-19/h3-11,15-16H,1-2H3,(H,20,23)(H,21,25). The largest absolute Gasteiger partial charge is 0.467 e. The molecule has 3 unspecified atom stereocenters. The molecule has 2 aliphatic heterocycles. The Hall–Kier alpha value is -2.60. The molecule has 0 aliphatic carbocycles. The third kappa shape index (κ3) is 2.44. The molecule has 2 heterocycles. The van der Waals surface area contributed by atoms with Crippen molar-refractivity contribution in [2.45, 2.75) is 18.7 Å². The molecule has 0 spiro atoms. The number of carbonyl (C=O) groups is 1. The Morgan fingerprint density at radius 3 is 2.64 bits per heavy atom. The monoisotopic (exact) mass is 353 g/mol. The molecule has 128 valence electrons. The van der Waals surface area contributed by atoms with Crippen molar-refractivity contribution in [3.05, 3.63) is 60.2 Å². The van der Waals surface area contributed by atoms with Gasteiger partial charge in [-0.3, -0.25) is 4.79 Å². The second-order valence-electron chi connectivity index (χ2n) is 6.51. The number of ether oxygens (including phenoxy) is 1. The van der Waals surface area contributed by atoms with Crippen molar-refractivity contribution in [1.82, 2.24) is 10.2 Å². The maximum absolute atomic E-state index is 13.1. The molecule has 3 atom stereocenters. The van der Waals surface area contributed by atoms with Crippen LogP contribution < -0.4 is 15.4 Å². The molecular weight excluding hydrogens is 334 g/mol. The number of thiocarbonyl (C=S) groups is 1. The van der Waals surface area contributed by atoms with Crippen LogP contribution in [0.4, 0.5) is 5.69 Å². The molecule has 0 saturated carbocycles. The molecule has 6 heteroatoms. The fourth-order valence-electron chi connectivity index (χ4n) is 3.61. The average Bonchev–Trinajstić information content (AvgIpc) is 2.60. The number of amides is 1. The van der Waals surface area contributed by atoms with E-state index in [0.29, 0.717) is 5.11 Å². The lowest BCUT2D eigenvalue weighted by molar-refractivity contribution is -0.146. The first-order chi connectivity index (χ1) is 12.0. The number of nitrogens with zero attached hydrogens (tertiary/aromatic N) is 1. The van der Waals surface area contributed by atoms with Crippen LogP contribution in [-0.2, 0) is 4.79 Å². The molecule has 2 aromatic rings. The Labute approximate surface area is 152 Å². The van der Waals surface area contributed by atoms with Gasteiger partial charge in [0.1, 0.15) is 11.7 Å². The van der Waals surface area contributed by atoms with Gasteiger partial charge in [-0.05, 0) is 37.3 Å². The van der Waals surface area contributed by atoms with E-state index < -0.39 is 11.6 Å².